The molecule has 0 unspecified atom stereocenters. The smallest absolute Gasteiger partial charge is 0.0407 e. The number of piperazine rings is 1. The molecule has 0 radical (unpaired) electrons. The fourth-order valence-electron chi connectivity index (χ4n) is 1.99. The molecule has 1 aliphatic rings. The number of hydrogen-bond donors (Lipinski definition) is 1. The third-order valence-electron chi connectivity index (χ3n) is 2.94. The van der Waals surface area contributed by atoms with E-state index in [0.717, 1.165) is 24.7 Å². The number of hydrogen-bond acceptors (Lipinski definition) is 2. The molecule has 0 bridgehead atoms. The minimum atomic E-state index is 0.620. The molecule has 1 fully saturated rings. The van der Waals surface area contributed by atoms with Gasteiger partial charge >= 0.3 is 0 Å². The van der Waals surface area contributed by atoms with Gasteiger partial charge in [0.25, 0.3) is 0 Å². The summed E-state index contributed by atoms with van der Waals surface area (Å²) in [5, 5.41) is 4.32. The molecule has 3 heteroatoms. The highest BCUT2D eigenvalue weighted by atomic mass is 35.5. The van der Waals surface area contributed by atoms with Crippen molar-refractivity contribution < 1.29 is 0 Å². The van der Waals surface area contributed by atoms with E-state index in [9.17, 15) is 0 Å². The van der Waals surface area contributed by atoms with Crippen LogP contribution in [0.5, 0.6) is 0 Å². The van der Waals surface area contributed by atoms with Crippen LogP contribution < -0.4 is 10.2 Å². The molecule has 0 aliphatic carbocycles. The van der Waals surface area contributed by atoms with Crippen molar-refractivity contribution in [1.82, 2.24) is 5.32 Å². The van der Waals surface area contributed by atoms with Gasteiger partial charge in [0.05, 0.1) is 0 Å². The Labute approximate surface area is 96.2 Å². The minimum Gasteiger partial charge on any atom is -0.369 e. The van der Waals surface area contributed by atoms with Gasteiger partial charge in [-0.25, -0.2) is 0 Å². The molecule has 1 aromatic carbocycles. The van der Waals surface area contributed by atoms with Crippen LogP contribution in [0.15, 0.2) is 24.3 Å². The molecule has 0 aromatic heterocycles. The van der Waals surface area contributed by atoms with E-state index in [1.165, 1.54) is 12.1 Å². The van der Waals surface area contributed by atoms with E-state index in [2.05, 4.69) is 29.3 Å². The van der Waals surface area contributed by atoms with E-state index in [0.29, 0.717) is 6.04 Å². The summed E-state index contributed by atoms with van der Waals surface area (Å²) in [7, 11) is 0. The summed E-state index contributed by atoms with van der Waals surface area (Å²) in [5.41, 5.74) is 1.28. The standard InChI is InChI=1S/C12H17ClN2/c1-2-11-9-15(8-7-14-11)12-5-3-10(13)4-6-12/h3-6,11,14H,2,7-9H2,1H3/t11-/m1/s1. The summed E-state index contributed by atoms with van der Waals surface area (Å²) < 4.78 is 0. The molecule has 82 valence electrons. The number of anilines is 1. The molecular formula is C12H17ClN2. The van der Waals surface area contributed by atoms with Gasteiger partial charge in [-0.05, 0) is 30.7 Å². The fourth-order valence-corrected chi connectivity index (χ4v) is 2.11. The molecule has 0 amide bonds. The Morgan fingerprint density at radius 1 is 1.40 bits per heavy atom. The van der Waals surface area contributed by atoms with E-state index in [1.807, 2.05) is 12.1 Å². The molecule has 0 saturated carbocycles. The van der Waals surface area contributed by atoms with Crippen LogP contribution in [0, 0.1) is 0 Å². The van der Waals surface area contributed by atoms with Crippen molar-refractivity contribution >= 4 is 17.3 Å². The van der Waals surface area contributed by atoms with Crippen molar-refractivity contribution in [3.63, 3.8) is 0 Å². The second-order valence-electron chi connectivity index (χ2n) is 3.98. The highest BCUT2D eigenvalue weighted by Crippen LogP contribution is 2.19. The van der Waals surface area contributed by atoms with Crippen LogP contribution in [0.3, 0.4) is 0 Å². The zero-order valence-corrected chi connectivity index (χ0v) is 9.80. The van der Waals surface area contributed by atoms with Crippen molar-refractivity contribution in [2.24, 2.45) is 0 Å². The Morgan fingerprint density at radius 3 is 2.80 bits per heavy atom. The van der Waals surface area contributed by atoms with Gasteiger partial charge in [-0.15, -0.1) is 0 Å². The molecule has 1 aliphatic heterocycles. The van der Waals surface area contributed by atoms with Crippen LogP contribution in [0.25, 0.3) is 0 Å². The molecule has 1 N–H and O–H groups in total. The zero-order chi connectivity index (χ0) is 10.7. The number of rotatable bonds is 2. The van der Waals surface area contributed by atoms with Crippen LogP contribution in [-0.4, -0.2) is 25.7 Å². The van der Waals surface area contributed by atoms with Crippen LogP contribution in [0.1, 0.15) is 13.3 Å². The lowest BCUT2D eigenvalue weighted by molar-refractivity contribution is 0.447. The quantitative estimate of drug-likeness (QED) is 0.831. The molecule has 2 rings (SSSR count). The topological polar surface area (TPSA) is 15.3 Å². The highest BCUT2D eigenvalue weighted by molar-refractivity contribution is 6.30. The van der Waals surface area contributed by atoms with Gasteiger partial charge in [0, 0.05) is 36.4 Å². The van der Waals surface area contributed by atoms with Gasteiger partial charge in [0.2, 0.25) is 0 Å². The Bertz CT molecular complexity index is 310. The molecular weight excluding hydrogens is 208 g/mol. The van der Waals surface area contributed by atoms with E-state index in [1.54, 1.807) is 0 Å². The van der Waals surface area contributed by atoms with E-state index < -0.39 is 0 Å². The van der Waals surface area contributed by atoms with E-state index in [4.69, 9.17) is 11.6 Å². The monoisotopic (exact) mass is 224 g/mol. The van der Waals surface area contributed by atoms with Crippen LogP contribution in [0.2, 0.25) is 5.02 Å². The van der Waals surface area contributed by atoms with Crippen molar-refractivity contribution in [3.8, 4) is 0 Å². The molecule has 2 nitrogen and oxygen atoms in total. The predicted molar refractivity (Wildman–Crippen MR) is 65.7 cm³/mol. The van der Waals surface area contributed by atoms with Gasteiger partial charge in [0.15, 0.2) is 0 Å². The van der Waals surface area contributed by atoms with E-state index in [-0.39, 0.29) is 0 Å². The van der Waals surface area contributed by atoms with Crippen LogP contribution in [0.4, 0.5) is 5.69 Å². The van der Waals surface area contributed by atoms with Crippen molar-refractivity contribution in [3.05, 3.63) is 29.3 Å². The van der Waals surface area contributed by atoms with Gasteiger partial charge < -0.3 is 10.2 Å². The summed E-state index contributed by atoms with van der Waals surface area (Å²) in [6.07, 6.45) is 1.18. The lowest BCUT2D eigenvalue weighted by atomic mass is 10.1. The van der Waals surface area contributed by atoms with E-state index >= 15 is 0 Å². The number of halogens is 1. The third-order valence-corrected chi connectivity index (χ3v) is 3.19. The average Bonchev–Trinajstić information content (AvgIpc) is 2.30. The number of nitrogens with one attached hydrogen (secondary N) is 1. The number of benzene rings is 1. The Hall–Kier alpha value is -0.730. The maximum Gasteiger partial charge on any atom is 0.0407 e. The molecule has 1 atom stereocenters. The summed E-state index contributed by atoms with van der Waals surface area (Å²) in [6.45, 7) is 5.47. The second kappa shape index (κ2) is 4.86. The normalized spacial score (nSPS) is 21.7. The summed E-state index contributed by atoms with van der Waals surface area (Å²) in [4.78, 5) is 2.42. The lowest BCUT2D eigenvalue weighted by Gasteiger charge is -2.34. The largest absolute Gasteiger partial charge is 0.369 e. The molecule has 15 heavy (non-hydrogen) atoms. The fraction of sp³-hybridized carbons (Fsp3) is 0.500. The first-order valence-electron chi connectivity index (χ1n) is 5.53. The summed E-state index contributed by atoms with van der Waals surface area (Å²) in [6, 6.07) is 8.73. The first-order chi connectivity index (χ1) is 7.29. The first kappa shape index (κ1) is 10.8. The maximum atomic E-state index is 5.88. The SMILES string of the molecule is CC[C@@H]1CN(c2ccc(Cl)cc2)CCN1. The van der Waals surface area contributed by atoms with Gasteiger partial charge in [-0.3, -0.25) is 0 Å². The Kier molecular flexibility index (Phi) is 3.49. The lowest BCUT2D eigenvalue weighted by Crippen LogP contribution is -2.50. The molecule has 0 spiro atoms. The van der Waals surface area contributed by atoms with Gasteiger partial charge in [-0.2, -0.15) is 0 Å². The minimum absolute atomic E-state index is 0.620. The van der Waals surface area contributed by atoms with Crippen molar-refractivity contribution in [2.75, 3.05) is 24.5 Å². The summed E-state index contributed by atoms with van der Waals surface area (Å²) in [5.74, 6) is 0. The first-order valence-corrected chi connectivity index (χ1v) is 5.91. The predicted octanol–water partition coefficient (Wildman–Crippen LogP) is 2.53. The average molecular weight is 225 g/mol. The molecule has 1 saturated heterocycles. The van der Waals surface area contributed by atoms with Crippen LogP contribution in [-0.2, 0) is 0 Å². The maximum absolute atomic E-state index is 5.88. The zero-order valence-electron chi connectivity index (χ0n) is 9.04. The second-order valence-corrected chi connectivity index (χ2v) is 4.42. The van der Waals surface area contributed by atoms with Crippen molar-refractivity contribution in [1.29, 1.82) is 0 Å². The highest BCUT2D eigenvalue weighted by Gasteiger charge is 2.17. The number of nitrogens with zero attached hydrogens (tertiary/aromatic N) is 1. The van der Waals surface area contributed by atoms with Crippen LogP contribution >= 0.6 is 11.6 Å². The van der Waals surface area contributed by atoms with Gasteiger partial charge in [-0.1, -0.05) is 18.5 Å². The third kappa shape index (κ3) is 2.64. The van der Waals surface area contributed by atoms with Gasteiger partial charge in [0.1, 0.15) is 0 Å². The summed E-state index contributed by atoms with van der Waals surface area (Å²) >= 11 is 5.88. The molecule has 1 heterocycles. The van der Waals surface area contributed by atoms with Crippen molar-refractivity contribution in [2.45, 2.75) is 19.4 Å². The Morgan fingerprint density at radius 2 is 2.13 bits per heavy atom. The molecule has 1 aromatic rings. The Balaban J connectivity index is 2.06.